The molecule has 182 valence electrons. The van der Waals surface area contributed by atoms with E-state index in [-0.39, 0.29) is 11.4 Å². The van der Waals surface area contributed by atoms with Gasteiger partial charge in [0.05, 0.1) is 30.3 Å². The van der Waals surface area contributed by atoms with Crippen LogP contribution in [-0.2, 0) is 26.1 Å². The molecule has 3 rings (SSSR count). The zero-order valence-electron chi connectivity index (χ0n) is 19.1. The van der Waals surface area contributed by atoms with Crippen LogP contribution in [0, 0.1) is 6.92 Å². The van der Waals surface area contributed by atoms with Gasteiger partial charge in [-0.05, 0) is 54.4 Å². The molecule has 0 radical (unpaired) electrons. The van der Waals surface area contributed by atoms with Crippen LogP contribution >= 0.6 is 11.6 Å². The second-order valence-electron chi connectivity index (χ2n) is 7.62. The first-order valence-corrected chi connectivity index (χ1v) is 12.3. The maximum Gasteiger partial charge on any atom is 0.337 e. The Bertz CT molecular complexity index is 1320. The highest BCUT2D eigenvalue weighted by atomic mass is 35.5. The highest BCUT2D eigenvalue weighted by molar-refractivity contribution is 7.89. The van der Waals surface area contributed by atoms with Crippen LogP contribution in [0.15, 0.2) is 82.8 Å². The quantitative estimate of drug-likeness (QED) is 0.266. The minimum absolute atomic E-state index is 0.00123. The van der Waals surface area contributed by atoms with Gasteiger partial charge in [0, 0.05) is 11.6 Å². The second-order valence-corrected chi connectivity index (χ2v) is 10.00. The number of aryl methyl sites for hydroxylation is 1. The lowest BCUT2D eigenvalue weighted by Gasteiger charge is -2.21. The Hall–Kier alpha value is -3.53. The summed E-state index contributed by atoms with van der Waals surface area (Å²) >= 11 is 5.90. The number of carbonyl (C=O) groups is 2. The summed E-state index contributed by atoms with van der Waals surface area (Å²) in [6.07, 6.45) is 1.39. The summed E-state index contributed by atoms with van der Waals surface area (Å²) in [6.45, 7) is 1.46. The maximum absolute atomic E-state index is 13.3. The average Bonchev–Trinajstić information content (AvgIpc) is 2.84. The Kier molecular flexibility index (Phi) is 8.75. The van der Waals surface area contributed by atoms with Crippen molar-refractivity contribution < 1.29 is 22.7 Å². The third kappa shape index (κ3) is 7.22. The number of nitrogens with zero attached hydrogens (tertiary/aromatic N) is 2. The molecule has 0 heterocycles. The number of amides is 1. The lowest BCUT2D eigenvalue weighted by Crippen LogP contribution is -2.39. The summed E-state index contributed by atoms with van der Waals surface area (Å²) in [5.74, 6) is -1.07. The highest BCUT2D eigenvalue weighted by Gasteiger charge is 2.27. The molecule has 8 nitrogen and oxygen atoms in total. The predicted molar refractivity (Wildman–Crippen MR) is 134 cm³/mol. The van der Waals surface area contributed by atoms with Crippen molar-refractivity contribution in [1.82, 2.24) is 9.73 Å². The summed E-state index contributed by atoms with van der Waals surface area (Å²) in [4.78, 5) is 24.1. The molecule has 0 spiro atoms. The Labute approximate surface area is 209 Å². The van der Waals surface area contributed by atoms with Gasteiger partial charge in [-0.1, -0.05) is 53.6 Å². The number of benzene rings is 3. The largest absolute Gasteiger partial charge is 0.465 e. The van der Waals surface area contributed by atoms with Gasteiger partial charge in [-0.15, -0.1) is 0 Å². The van der Waals surface area contributed by atoms with Gasteiger partial charge in [0.2, 0.25) is 10.0 Å². The summed E-state index contributed by atoms with van der Waals surface area (Å²) in [5, 5.41) is 4.30. The predicted octanol–water partition coefficient (Wildman–Crippen LogP) is 3.78. The first-order chi connectivity index (χ1) is 16.7. The van der Waals surface area contributed by atoms with E-state index in [1.165, 1.54) is 37.6 Å². The second kappa shape index (κ2) is 11.7. The number of hydrogen-bond acceptors (Lipinski definition) is 6. The molecule has 0 saturated carbocycles. The molecular formula is C25H24ClN3O5S. The molecule has 0 bridgehead atoms. The van der Waals surface area contributed by atoms with E-state index in [9.17, 15) is 18.0 Å². The molecule has 0 atom stereocenters. The van der Waals surface area contributed by atoms with Crippen LogP contribution < -0.4 is 5.43 Å². The number of sulfonamides is 1. The van der Waals surface area contributed by atoms with Gasteiger partial charge in [-0.25, -0.2) is 18.6 Å². The summed E-state index contributed by atoms with van der Waals surface area (Å²) < 4.78 is 32.3. The van der Waals surface area contributed by atoms with Crippen molar-refractivity contribution in [1.29, 1.82) is 0 Å². The molecule has 0 aliphatic rings. The number of rotatable bonds is 9. The molecule has 0 aromatic heterocycles. The van der Waals surface area contributed by atoms with Gasteiger partial charge in [0.1, 0.15) is 0 Å². The Morgan fingerprint density at radius 1 is 1.06 bits per heavy atom. The first-order valence-electron chi connectivity index (χ1n) is 10.5. The third-order valence-electron chi connectivity index (χ3n) is 4.95. The van der Waals surface area contributed by atoms with Crippen molar-refractivity contribution >= 4 is 39.7 Å². The van der Waals surface area contributed by atoms with Gasteiger partial charge in [0.15, 0.2) is 0 Å². The standard InChI is InChI=1S/C25H24ClN3O5S/c1-18-4-3-5-20(14-18)16-29(35(32,33)23-12-10-22(26)11-13-23)17-24(30)28-27-15-19-6-8-21(9-7-19)25(31)34-2/h3-15H,16-17H2,1-2H3,(H,28,30). The number of ether oxygens (including phenoxy) is 1. The van der Waals surface area contributed by atoms with Crippen LogP contribution in [-0.4, -0.2) is 44.5 Å². The fourth-order valence-corrected chi connectivity index (χ4v) is 4.70. The zero-order valence-corrected chi connectivity index (χ0v) is 20.7. The summed E-state index contributed by atoms with van der Waals surface area (Å²) in [6, 6.07) is 19.6. The van der Waals surface area contributed by atoms with E-state index in [1.54, 1.807) is 30.3 Å². The average molecular weight is 514 g/mol. The zero-order chi connectivity index (χ0) is 25.4. The molecular weight excluding hydrogens is 490 g/mol. The molecule has 0 saturated heterocycles. The minimum atomic E-state index is -4.00. The Morgan fingerprint density at radius 3 is 2.37 bits per heavy atom. The van der Waals surface area contributed by atoms with E-state index in [0.29, 0.717) is 16.1 Å². The molecule has 1 N–H and O–H groups in total. The van der Waals surface area contributed by atoms with Crippen LogP contribution in [0.25, 0.3) is 0 Å². The smallest absolute Gasteiger partial charge is 0.337 e. The van der Waals surface area contributed by atoms with Gasteiger partial charge in [-0.3, -0.25) is 4.79 Å². The lowest BCUT2D eigenvalue weighted by molar-refractivity contribution is -0.121. The molecule has 35 heavy (non-hydrogen) atoms. The molecule has 3 aromatic rings. The highest BCUT2D eigenvalue weighted by Crippen LogP contribution is 2.21. The fourth-order valence-electron chi connectivity index (χ4n) is 3.19. The topological polar surface area (TPSA) is 105 Å². The van der Waals surface area contributed by atoms with E-state index >= 15 is 0 Å². The van der Waals surface area contributed by atoms with Crippen molar-refractivity contribution in [3.63, 3.8) is 0 Å². The molecule has 10 heteroatoms. The number of halogens is 1. The molecule has 0 aliphatic heterocycles. The molecule has 0 aliphatic carbocycles. The number of nitrogens with one attached hydrogen (secondary N) is 1. The SMILES string of the molecule is COC(=O)c1ccc(C=NNC(=O)CN(Cc2cccc(C)c2)S(=O)(=O)c2ccc(Cl)cc2)cc1. The number of hydrogen-bond donors (Lipinski definition) is 1. The van der Waals surface area contributed by atoms with Gasteiger partial charge < -0.3 is 4.74 Å². The van der Waals surface area contributed by atoms with Gasteiger partial charge >= 0.3 is 5.97 Å². The Balaban J connectivity index is 1.75. The van der Waals surface area contributed by atoms with Crippen LogP contribution in [0.2, 0.25) is 5.02 Å². The van der Waals surface area contributed by atoms with Crippen LogP contribution in [0.4, 0.5) is 0 Å². The van der Waals surface area contributed by atoms with E-state index in [1.807, 2.05) is 25.1 Å². The van der Waals surface area contributed by atoms with Crippen molar-refractivity contribution in [2.75, 3.05) is 13.7 Å². The minimum Gasteiger partial charge on any atom is -0.465 e. The first kappa shape index (κ1) is 26.1. The van der Waals surface area contributed by atoms with Crippen molar-refractivity contribution in [2.45, 2.75) is 18.4 Å². The number of methoxy groups -OCH3 is 1. The molecule has 3 aromatic carbocycles. The van der Waals surface area contributed by atoms with Gasteiger partial charge in [-0.2, -0.15) is 9.41 Å². The summed E-state index contributed by atoms with van der Waals surface area (Å²) in [7, 11) is -2.70. The fraction of sp³-hybridized carbons (Fsp3) is 0.160. The molecule has 0 unspecified atom stereocenters. The van der Waals surface area contributed by atoms with Crippen LogP contribution in [0.1, 0.15) is 27.0 Å². The van der Waals surface area contributed by atoms with E-state index in [4.69, 9.17) is 11.6 Å². The number of esters is 1. The Morgan fingerprint density at radius 2 is 1.74 bits per heavy atom. The summed E-state index contributed by atoms with van der Waals surface area (Å²) in [5.41, 5.74) is 5.07. The maximum atomic E-state index is 13.3. The normalized spacial score (nSPS) is 11.5. The van der Waals surface area contributed by atoms with E-state index < -0.39 is 28.4 Å². The molecule has 1 amide bonds. The van der Waals surface area contributed by atoms with Crippen LogP contribution in [0.3, 0.4) is 0 Å². The van der Waals surface area contributed by atoms with Crippen molar-refractivity contribution in [3.8, 4) is 0 Å². The molecule has 0 fully saturated rings. The van der Waals surface area contributed by atoms with Crippen LogP contribution in [0.5, 0.6) is 0 Å². The van der Waals surface area contributed by atoms with E-state index in [2.05, 4.69) is 15.3 Å². The lowest BCUT2D eigenvalue weighted by atomic mass is 10.1. The third-order valence-corrected chi connectivity index (χ3v) is 7.01. The monoisotopic (exact) mass is 513 g/mol. The number of hydrazone groups is 1. The van der Waals surface area contributed by atoms with Gasteiger partial charge in [0.25, 0.3) is 5.91 Å². The van der Waals surface area contributed by atoms with Crippen molar-refractivity contribution in [3.05, 3.63) is 100 Å². The van der Waals surface area contributed by atoms with E-state index in [0.717, 1.165) is 15.4 Å². The van der Waals surface area contributed by atoms with Crippen molar-refractivity contribution in [2.24, 2.45) is 5.10 Å². The number of carbonyl (C=O) groups excluding carboxylic acids is 2.